The van der Waals surface area contributed by atoms with Gasteiger partial charge >= 0.3 is 0 Å². The van der Waals surface area contributed by atoms with Crippen LogP contribution in [0.25, 0.3) is 15.8 Å². The number of fused-ring (bicyclic) bond motifs is 1. The van der Waals surface area contributed by atoms with E-state index in [0.717, 1.165) is 36.3 Å². The van der Waals surface area contributed by atoms with Gasteiger partial charge in [0.2, 0.25) is 11.8 Å². The predicted octanol–water partition coefficient (Wildman–Crippen LogP) is 4.85. The fraction of sp³-hybridized carbons (Fsp3) is 0.207. The number of hydrogen-bond donors (Lipinski definition) is 2. The number of halogens is 2. The average Bonchev–Trinajstić information content (AvgIpc) is 3.62. The maximum Gasteiger partial charge on any atom is 0.245 e. The molecule has 2 amide bonds. The van der Waals surface area contributed by atoms with Crippen LogP contribution in [0.1, 0.15) is 34.2 Å². The SMILES string of the molecule is O=C(CNC(=O)C(c1nc2ccc(C3=C/C=C\C=C\C=C3F)cc2s1)S(=O)(=O)Cc1ccc(F)cc1)NC1CC1. The van der Waals surface area contributed by atoms with Crippen molar-refractivity contribution in [2.75, 3.05) is 6.54 Å². The van der Waals surface area contributed by atoms with E-state index in [9.17, 15) is 26.8 Å². The highest BCUT2D eigenvalue weighted by molar-refractivity contribution is 7.91. The molecule has 1 atom stereocenters. The number of carbonyl (C=O) groups is 2. The summed E-state index contributed by atoms with van der Waals surface area (Å²) in [5.41, 5.74) is 1.65. The monoisotopic (exact) mass is 581 g/mol. The number of benzene rings is 2. The van der Waals surface area contributed by atoms with Crippen LogP contribution in [0.4, 0.5) is 8.78 Å². The van der Waals surface area contributed by atoms with Gasteiger partial charge in [-0.1, -0.05) is 48.6 Å². The lowest BCUT2D eigenvalue weighted by atomic mass is 10.0. The Morgan fingerprint density at radius 3 is 2.45 bits per heavy atom. The van der Waals surface area contributed by atoms with Gasteiger partial charge < -0.3 is 10.6 Å². The molecule has 0 spiro atoms. The molecule has 0 aliphatic heterocycles. The van der Waals surface area contributed by atoms with Crippen molar-refractivity contribution in [2.24, 2.45) is 0 Å². The molecular weight excluding hydrogens is 556 g/mol. The summed E-state index contributed by atoms with van der Waals surface area (Å²) in [4.78, 5) is 29.9. The zero-order valence-electron chi connectivity index (χ0n) is 21.1. The average molecular weight is 582 g/mol. The van der Waals surface area contributed by atoms with Crippen LogP contribution in [0.15, 0.2) is 84.7 Å². The number of sulfone groups is 1. The number of rotatable bonds is 9. The van der Waals surface area contributed by atoms with Crippen LogP contribution < -0.4 is 10.6 Å². The maximum absolute atomic E-state index is 14.7. The van der Waals surface area contributed by atoms with E-state index in [1.165, 1.54) is 18.2 Å². The highest BCUT2D eigenvalue weighted by atomic mass is 32.2. The van der Waals surface area contributed by atoms with Crippen LogP contribution in [0.2, 0.25) is 0 Å². The lowest BCUT2D eigenvalue weighted by Gasteiger charge is -2.16. The second kappa shape index (κ2) is 11.6. The summed E-state index contributed by atoms with van der Waals surface area (Å²) in [7, 11) is -4.21. The third-order valence-electron chi connectivity index (χ3n) is 6.28. The number of aromatic nitrogens is 1. The first-order valence-corrected chi connectivity index (χ1v) is 15.1. The van der Waals surface area contributed by atoms with Gasteiger partial charge in [-0.15, -0.1) is 11.3 Å². The van der Waals surface area contributed by atoms with E-state index in [1.807, 2.05) is 0 Å². The van der Waals surface area contributed by atoms with Gasteiger partial charge in [0.1, 0.15) is 16.7 Å². The molecule has 1 unspecified atom stereocenters. The first-order valence-electron chi connectivity index (χ1n) is 12.5. The highest BCUT2D eigenvalue weighted by Crippen LogP contribution is 2.35. The molecule has 3 aromatic rings. The summed E-state index contributed by atoms with van der Waals surface area (Å²) in [6, 6.07) is 10.1. The topological polar surface area (TPSA) is 105 Å². The Balaban J connectivity index is 1.48. The molecule has 2 aliphatic carbocycles. The molecule has 0 radical (unpaired) electrons. The zero-order valence-corrected chi connectivity index (χ0v) is 22.8. The van der Waals surface area contributed by atoms with Gasteiger partial charge in [0, 0.05) is 11.6 Å². The van der Waals surface area contributed by atoms with Crippen LogP contribution in [0.3, 0.4) is 0 Å². The third-order valence-corrected chi connectivity index (χ3v) is 9.40. The second-order valence-corrected chi connectivity index (χ2v) is 12.6. The van der Waals surface area contributed by atoms with E-state index in [0.29, 0.717) is 26.9 Å². The van der Waals surface area contributed by atoms with Crippen LogP contribution in [-0.2, 0) is 25.2 Å². The standard InChI is InChI=1S/C29H25F2N3O4S2/c30-20-10-7-18(8-11-20)17-40(37,38)27(28(36)32-16-26(35)33-21-12-13-21)29-34-24-14-9-19(15-25(24)39-29)22-5-3-1-2-4-6-23(22)31/h1-11,14-15,21,27H,12-13,16-17H2,(H,32,36)(H,33,35)/b2-1?,3-1-,4-2+,5-3?,6-4?,22-5?,23-6?,23-22?. The van der Waals surface area contributed by atoms with E-state index in [2.05, 4.69) is 15.6 Å². The number of thiazole rings is 1. The van der Waals surface area contributed by atoms with E-state index in [4.69, 9.17) is 0 Å². The van der Waals surface area contributed by atoms with Crippen molar-refractivity contribution in [2.45, 2.75) is 29.9 Å². The number of hydrogen-bond acceptors (Lipinski definition) is 6. The Labute approximate surface area is 233 Å². The molecule has 40 heavy (non-hydrogen) atoms. The smallest absolute Gasteiger partial charge is 0.245 e. The molecule has 2 aliphatic rings. The van der Waals surface area contributed by atoms with Gasteiger partial charge in [0.05, 0.1) is 22.5 Å². The molecule has 2 N–H and O–H groups in total. The number of nitrogens with zero attached hydrogens (tertiary/aromatic N) is 1. The largest absolute Gasteiger partial charge is 0.352 e. The number of allylic oxidation sites excluding steroid dienone is 8. The van der Waals surface area contributed by atoms with Crippen molar-refractivity contribution in [1.82, 2.24) is 15.6 Å². The molecular formula is C29H25F2N3O4S2. The molecule has 7 nitrogen and oxygen atoms in total. The fourth-order valence-electron chi connectivity index (χ4n) is 4.14. The number of nitrogens with one attached hydrogen (secondary N) is 2. The highest BCUT2D eigenvalue weighted by Gasteiger charge is 2.37. The third kappa shape index (κ3) is 6.60. The number of amides is 2. The Morgan fingerprint density at radius 2 is 1.73 bits per heavy atom. The molecule has 0 saturated heterocycles. The van der Waals surface area contributed by atoms with E-state index >= 15 is 0 Å². The normalized spacial score (nSPS) is 17.6. The van der Waals surface area contributed by atoms with Crippen molar-refractivity contribution in [1.29, 1.82) is 0 Å². The lowest BCUT2D eigenvalue weighted by Crippen LogP contribution is -2.41. The minimum absolute atomic E-state index is 0.0138. The molecule has 5 rings (SSSR count). The first-order chi connectivity index (χ1) is 19.2. The van der Waals surface area contributed by atoms with E-state index in [-0.39, 0.29) is 17.6 Å². The molecule has 1 fully saturated rings. The summed E-state index contributed by atoms with van der Waals surface area (Å²) in [5, 5.41) is 3.48. The van der Waals surface area contributed by atoms with Crippen LogP contribution in [-0.4, -0.2) is 37.8 Å². The first kappa shape index (κ1) is 27.6. The molecule has 1 aromatic heterocycles. The van der Waals surface area contributed by atoms with Gasteiger partial charge in [-0.05, 0) is 54.3 Å². The summed E-state index contributed by atoms with van der Waals surface area (Å²) in [6.45, 7) is -0.380. The Hall–Kier alpha value is -3.96. The van der Waals surface area contributed by atoms with Crippen molar-refractivity contribution < 1.29 is 26.8 Å². The van der Waals surface area contributed by atoms with Crippen molar-refractivity contribution in [3.63, 3.8) is 0 Å². The molecule has 11 heteroatoms. The molecule has 2 aromatic carbocycles. The van der Waals surface area contributed by atoms with Gasteiger partial charge in [0.15, 0.2) is 15.1 Å². The Morgan fingerprint density at radius 1 is 1.00 bits per heavy atom. The second-order valence-electron chi connectivity index (χ2n) is 9.47. The summed E-state index contributed by atoms with van der Waals surface area (Å²) in [5.74, 6) is -2.79. The zero-order chi connectivity index (χ0) is 28.3. The predicted molar refractivity (Wildman–Crippen MR) is 151 cm³/mol. The lowest BCUT2D eigenvalue weighted by molar-refractivity contribution is -0.126. The van der Waals surface area contributed by atoms with E-state index < -0.39 is 44.3 Å². The minimum Gasteiger partial charge on any atom is -0.352 e. The molecule has 0 bridgehead atoms. The molecule has 1 saturated carbocycles. The van der Waals surface area contributed by atoms with Crippen molar-refractivity contribution >= 4 is 48.8 Å². The van der Waals surface area contributed by atoms with Gasteiger partial charge in [0.25, 0.3) is 0 Å². The summed E-state index contributed by atoms with van der Waals surface area (Å²) in [6.07, 6.45) is 11.5. The van der Waals surface area contributed by atoms with Gasteiger partial charge in [-0.2, -0.15) is 0 Å². The molecule has 206 valence electrons. The number of carbonyl (C=O) groups excluding carboxylic acids is 2. The minimum atomic E-state index is -4.21. The van der Waals surface area contributed by atoms with Crippen molar-refractivity contribution in [3.8, 4) is 0 Å². The Kier molecular flexibility index (Phi) is 8.04. The van der Waals surface area contributed by atoms with Crippen molar-refractivity contribution in [3.05, 3.63) is 107 Å². The van der Waals surface area contributed by atoms with Crippen LogP contribution in [0, 0.1) is 5.82 Å². The quantitative estimate of drug-likeness (QED) is 0.376. The van der Waals surface area contributed by atoms with Crippen LogP contribution >= 0.6 is 11.3 Å². The van der Waals surface area contributed by atoms with Gasteiger partial charge in [-0.25, -0.2) is 22.2 Å². The summed E-state index contributed by atoms with van der Waals surface area (Å²) < 4.78 is 55.9. The van der Waals surface area contributed by atoms with Gasteiger partial charge in [-0.3, -0.25) is 9.59 Å². The van der Waals surface area contributed by atoms with E-state index in [1.54, 1.807) is 48.6 Å². The Bertz CT molecular complexity index is 1690. The fourth-order valence-corrected chi connectivity index (χ4v) is 7.30. The van der Waals surface area contributed by atoms with Crippen LogP contribution in [0.5, 0.6) is 0 Å². The summed E-state index contributed by atoms with van der Waals surface area (Å²) >= 11 is 1.00. The molecule has 1 heterocycles. The maximum atomic E-state index is 14.7.